The molecular weight excluding hydrogens is 246 g/mol. The van der Waals surface area contributed by atoms with Crippen LogP contribution in [0.5, 0.6) is 5.75 Å². The van der Waals surface area contributed by atoms with Crippen molar-refractivity contribution in [3.05, 3.63) is 58.6 Å². The molecule has 0 bridgehead atoms. The van der Waals surface area contributed by atoms with Gasteiger partial charge in [0.25, 0.3) is 0 Å². The Hall–Kier alpha value is -1.67. The highest BCUT2D eigenvalue weighted by molar-refractivity contribution is 6.31. The van der Waals surface area contributed by atoms with Gasteiger partial charge in [-0.15, -0.1) is 0 Å². The minimum atomic E-state index is 0.715. The Morgan fingerprint density at radius 3 is 2.61 bits per heavy atom. The van der Waals surface area contributed by atoms with Crippen molar-refractivity contribution < 1.29 is 4.74 Å². The molecule has 0 atom stereocenters. The summed E-state index contributed by atoms with van der Waals surface area (Å²) in [6, 6.07) is 13.8. The minimum Gasteiger partial charge on any atom is -0.497 e. The smallest absolute Gasteiger partial charge is 0.119 e. The highest BCUT2D eigenvalue weighted by Crippen LogP contribution is 2.22. The van der Waals surface area contributed by atoms with Gasteiger partial charge in [-0.1, -0.05) is 29.8 Å². The van der Waals surface area contributed by atoms with Crippen LogP contribution in [0.4, 0.5) is 5.69 Å². The molecule has 94 valence electrons. The number of nitrogens with one attached hydrogen (secondary N) is 1. The molecule has 2 nitrogen and oxygen atoms in total. The number of ether oxygens (including phenoxy) is 1. The van der Waals surface area contributed by atoms with Crippen molar-refractivity contribution in [1.29, 1.82) is 0 Å². The third-order valence-corrected chi connectivity index (χ3v) is 3.23. The van der Waals surface area contributed by atoms with Crippen LogP contribution in [0.25, 0.3) is 0 Å². The van der Waals surface area contributed by atoms with Gasteiger partial charge in [0.15, 0.2) is 0 Å². The van der Waals surface area contributed by atoms with Crippen LogP contribution in [-0.2, 0) is 6.54 Å². The first-order valence-corrected chi connectivity index (χ1v) is 6.20. The fraction of sp³-hybridized carbons (Fsp3) is 0.200. The molecule has 0 amide bonds. The van der Waals surface area contributed by atoms with Gasteiger partial charge in [0.2, 0.25) is 0 Å². The van der Waals surface area contributed by atoms with Crippen LogP contribution >= 0.6 is 11.6 Å². The van der Waals surface area contributed by atoms with E-state index in [1.54, 1.807) is 7.11 Å². The van der Waals surface area contributed by atoms with E-state index in [9.17, 15) is 0 Å². The average Bonchev–Trinajstić information content (AvgIpc) is 2.39. The summed E-state index contributed by atoms with van der Waals surface area (Å²) in [5.74, 6) is 0.871. The maximum absolute atomic E-state index is 6.12. The Labute approximate surface area is 113 Å². The molecule has 18 heavy (non-hydrogen) atoms. The van der Waals surface area contributed by atoms with Crippen LogP contribution in [0.15, 0.2) is 42.5 Å². The number of halogens is 1. The minimum absolute atomic E-state index is 0.715. The number of aryl methyl sites for hydroxylation is 1. The van der Waals surface area contributed by atoms with Gasteiger partial charge in [0.1, 0.15) is 5.75 Å². The lowest BCUT2D eigenvalue weighted by molar-refractivity contribution is 0.414. The van der Waals surface area contributed by atoms with Gasteiger partial charge in [-0.25, -0.2) is 0 Å². The largest absolute Gasteiger partial charge is 0.497 e. The van der Waals surface area contributed by atoms with E-state index in [4.69, 9.17) is 16.3 Å². The molecule has 0 radical (unpaired) electrons. The molecule has 1 N–H and O–H groups in total. The van der Waals surface area contributed by atoms with Crippen LogP contribution in [-0.4, -0.2) is 7.11 Å². The topological polar surface area (TPSA) is 21.3 Å². The lowest BCUT2D eigenvalue weighted by atomic mass is 10.1. The van der Waals surface area contributed by atoms with E-state index in [0.717, 1.165) is 27.6 Å². The molecule has 0 aliphatic rings. The van der Waals surface area contributed by atoms with E-state index in [2.05, 4.69) is 12.2 Å². The predicted octanol–water partition coefficient (Wildman–Crippen LogP) is 4.27. The molecule has 0 saturated carbocycles. The standard InChI is InChI=1S/C15H16ClNO/c1-11-9-13(18-2)7-8-15(11)17-10-12-5-3-4-6-14(12)16/h3-9,17H,10H2,1-2H3. The monoisotopic (exact) mass is 261 g/mol. The predicted molar refractivity (Wildman–Crippen MR) is 76.5 cm³/mol. The Kier molecular flexibility index (Phi) is 4.11. The molecule has 0 unspecified atom stereocenters. The normalized spacial score (nSPS) is 10.2. The number of methoxy groups -OCH3 is 1. The third kappa shape index (κ3) is 2.96. The lowest BCUT2D eigenvalue weighted by Gasteiger charge is -2.11. The first kappa shape index (κ1) is 12.8. The summed E-state index contributed by atoms with van der Waals surface area (Å²) in [5.41, 5.74) is 3.34. The van der Waals surface area contributed by atoms with E-state index in [1.165, 1.54) is 0 Å². The van der Waals surface area contributed by atoms with Crippen LogP contribution < -0.4 is 10.1 Å². The van der Waals surface area contributed by atoms with Crippen molar-refractivity contribution >= 4 is 17.3 Å². The number of hydrogen-bond donors (Lipinski definition) is 1. The summed E-state index contributed by atoms with van der Waals surface area (Å²) < 4.78 is 5.18. The molecule has 0 saturated heterocycles. The SMILES string of the molecule is COc1ccc(NCc2ccccc2Cl)c(C)c1. The zero-order valence-corrected chi connectivity index (χ0v) is 11.3. The molecule has 0 aliphatic carbocycles. The second-order valence-corrected chi connectivity index (χ2v) is 4.53. The third-order valence-electron chi connectivity index (χ3n) is 2.86. The Morgan fingerprint density at radius 2 is 1.94 bits per heavy atom. The van der Waals surface area contributed by atoms with Gasteiger partial charge < -0.3 is 10.1 Å². The molecule has 0 aromatic heterocycles. The highest BCUT2D eigenvalue weighted by atomic mass is 35.5. The van der Waals surface area contributed by atoms with E-state index < -0.39 is 0 Å². The highest BCUT2D eigenvalue weighted by Gasteiger charge is 2.02. The van der Waals surface area contributed by atoms with E-state index in [-0.39, 0.29) is 0 Å². The Balaban J connectivity index is 2.09. The number of benzene rings is 2. The van der Waals surface area contributed by atoms with Gasteiger partial charge in [-0.3, -0.25) is 0 Å². The molecule has 0 aliphatic heterocycles. The van der Waals surface area contributed by atoms with E-state index in [0.29, 0.717) is 6.54 Å². The van der Waals surface area contributed by atoms with Crippen LogP contribution in [0, 0.1) is 6.92 Å². The molecule has 2 rings (SSSR count). The van der Waals surface area contributed by atoms with Crippen molar-refractivity contribution in [2.75, 3.05) is 12.4 Å². The summed E-state index contributed by atoms with van der Waals surface area (Å²) in [6.45, 7) is 2.77. The number of hydrogen-bond acceptors (Lipinski definition) is 2. The van der Waals surface area contributed by atoms with Gasteiger partial charge in [0, 0.05) is 17.3 Å². The van der Waals surface area contributed by atoms with Crippen molar-refractivity contribution in [2.24, 2.45) is 0 Å². The quantitative estimate of drug-likeness (QED) is 0.888. The lowest BCUT2D eigenvalue weighted by Crippen LogP contribution is -2.01. The molecule has 2 aromatic rings. The van der Waals surface area contributed by atoms with Gasteiger partial charge >= 0.3 is 0 Å². The zero-order valence-electron chi connectivity index (χ0n) is 10.5. The van der Waals surface area contributed by atoms with E-state index >= 15 is 0 Å². The summed E-state index contributed by atoms with van der Waals surface area (Å²) in [7, 11) is 1.67. The van der Waals surface area contributed by atoms with Crippen molar-refractivity contribution in [2.45, 2.75) is 13.5 Å². The van der Waals surface area contributed by atoms with E-state index in [1.807, 2.05) is 42.5 Å². The molecule has 2 aromatic carbocycles. The van der Waals surface area contributed by atoms with Crippen LogP contribution in [0.3, 0.4) is 0 Å². The molecular formula is C15H16ClNO. The first-order valence-electron chi connectivity index (χ1n) is 5.82. The fourth-order valence-corrected chi connectivity index (χ4v) is 2.00. The second kappa shape index (κ2) is 5.78. The average molecular weight is 262 g/mol. The van der Waals surface area contributed by atoms with Gasteiger partial charge in [0.05, 0.1) is 7.11 Å². The Morgan fingerprint density at radius 1 is 1.17 bits per heavy atom. The van der Waals surface area contributed by atoms with Gasteiger partial charge in [-0.2, -0.15) is 0 Å². The fourth-order valence-electron chi connectivity index (χ4n) is 1.79. The molecule has 3 heteroatoms. The van der Waals surface area contributed by atoms with Crippen LogP contribution in [0.1, 0.15) is 11.1 Å². The second-order valence-electron chi connectivity index (χ2n) is 4.13. The van der Waals surface area contributed by atoms with Crippen LogP contribution in [0.2, 0.25) is 5.02 Å². The number of anilines is 1. The van der Waals surface area contributed by atoms with Crippen molar-refractivity contribution in [3.8, 4) is 5.75 Å². The molecule has 0 heterocycles. The molecule has 0 fully saturated rings. The molecule has 0 spiro atoms. The summed E-state index contributed by atoms with van der Waals surface area (Å²) in [5, 5.41) is 4.17. The maximum atomic E-state index is 6.12. The van der Waals surface area contributed by atoms with Crippen molar-refractivity contribution in [1.82, 2.24) is 0 Å². The summed E-state index contributed by atoms with van der Waals surface area (Å²) in [4.78, 5) is 0. The first-order chi connectivity index (χ1) is 8.70. The summed E-state index contributed by atoms with van der Waals surface area (Å²) >= 11 is 6.12. The maximum Gasteiger partial charge on any atom is 0.119 e. The van der Waals surface area contributed by atoms with Crippen molar-refractivity contribution in [3.63, 3.8) is 0 Å². The Bertz CT molecular complexity index is 540. The summed E-state index contributed by atoms with van der Waals surface area (Å²) in [6.07, 6.45) is 0. The zero-order chi connectivity index (χ0) is 13.0. The van der Waals surface area contributed by atoms with Gasteiger partial charge in [-0.05, 0) is 42.3 Å². The number of rotatable bonds is 4.